The van der Waals surface area contributed by atoms with Crippen LogP contribution < -0.4 is 5.76 Å². The Morgan fingerprint density at radius 1 is 1.43 bits per heavy atom. The highest BCUT2D eigenvalue weighted by molar-refractivity contribution is 7.89. The van der Waals surface area contributed by atoms with Gasteiger partial charge >= 0.3 is 11.7 Å². The molecule has 1 N–H and O–H groups in total. The molecule has 3 rings (SSSR count). The minimum absolute atomic E-state index is 0.0739. The van der Waals surface area contributed by atoms with Gasteiger partial charge in [0.05, 0.1) is 10.4 Å². The topological polar surface area (TPSA) is 110 Å². The Kier molecular flexibility index (Phi) is 3.77. The average Bonchev–Trinajstić information content (AvgIpc) is 3.10. The molecule has 2 heterocycles. The number of carboxylic acids is 1. The predicted molar refractivity (Wildman–Crippen MR) is 80.7 cm³/mol. The van der Waals surface area contributed by atoms with Crippen LogP contribution in [0.4, 0.5) is 0 Å². The van der Waals surface area contributed by atoms with E-state index in [1.165, 1.54) is 22.8 Å². The van der Waals surface area contributed by atoms with Crippen molar-refractivity contribution >= 4 is 27.1 Å². The smallest absolute Gasteiger partial charge is 0.419 e. The van der Waals surface area contributed by atoms with Crippen LogP contribution in [-0.2, 0) is 21.4 Å². The molecule has 1 aromatic heterocycles. The lowest BCUT2D eigenvalue weighted by Gasteiger charge is -2.20. The number of carbonyl (C=O) groups is 1. The zero-order valence-corrected chi connectivity index (χ0v) is 13.2. The predicted octanol–water partition coefficient (Wildman–Crippen LogP) is 0.852. The van der Waals surface area contributed by atoms with Crippen LogP contribution in [0.1, 0.15) is 19.8 Å². The number of aromatic nitrogens is 1. The maximum absolute atomic E-state index is 12.7. The number of rotatable bonds is 4. The Balaban J connectivity index is 2.08. The maximum atomic E-state index is 12.7. The highest BCUT2D eigenvalue weighted by Crippen LogP contribution is 2.28. The molecule has 0 unspecified atom stereocenters. The van der Waals surface area contributed by atoms with Gasteiger partial charge in [-0.1, -0.05) is 0 Å². The molecule has 1 aliphatic rings. The molecule has 8 nitrogen and oxygen atoms in total. The number of nitrogens with zero attached hydrogens (tertiary/aromatic N) is 2. The van der Waals surface area contributed by atoms with Crippen LogP contribution in [0.25, 0.3) is 11.1 Å². The maximum Gasteiger partial charge on any atom is 0.419 e. The van der Waals surface area contributed by atoms with Crippen molar-refractivity contribution < 1.29 is 22.7 Å². The number of aliphatic carboxylic acids is 1. The van der Waals surface area contributed by atoms with Crippen LogP contribution in [0, 0.1) is 0 Å². The molecule has 23 heavy (non-hydrogen) atoms. The molecule has 0 amide bonds. The summed E-state index contributed by atoms with van der Waals surface area (Å²) in [6.07, 6.45) is 0.790. The van der Waals surface area contributed by atoms with Gasteiger partial charge in [-0.25, -0.2) is 13.2 Å². The molecule has 1 aliphatic heterocycles. The van der Waals surface area contributed by atoms with Crippen molar-refractivity contribution in [3.05, 3.63) is 28.7 Å². The molecular weight excluding hydrogens is 324 g/mol. The molecule has 0 radical (unpaired) electrons. The Bertz CT molecular complexity index is 926. The summed E-state index contributed by atoms with van der Waals surface area (Å²) in [5.74, 6) is -1.71. The highest BCUT2D eigenvalue weighted by Gasteiger charge is 2.39. The number of hydrogen-bond donors (Lipinski definition) is 1. The number of fused-ring (bicyclic) bond motifs is 1. The largest absolute Gasteiger partial charge is 0.480 e. The summed E-state index contributed by atoms with van der Waals surface area (Å²) in [4.78, 5) is 22.8. The zero-order chi connectivity index (χ0) is 16.8. The second-order valence-electron chi connectivity index (χ2n) is 5.35. The van der Waals surface area contributed by atoms with Gasteiger partial charge in [0.15, 0.2) is 5.58 Å². The summed E-state index contributed by atoms with van der Waals surface area (Å²) in [6.45, 7) is 2.35. The first kappa shape index (κ1) is 15.8. The van der Waals surface area contributed by atoms with Gasteiger partial charge in [-0.05, 0) is 31.9 Å². The fourth-order valence-electron chi connectivity index (χ4n) is 2.92. The van der Waals surface area contributed by atoms with E-state index in [1.807, 2.05) is 0 Å². The minimum atomic E-state index is -3.95. The van der Waals surface area contributed by atoms with Gasteiger partial charge in [-0.2, -0.15) is 4.31 Å². The third-order valence-corrected chi connectivity index (χ3v) is 5.96. The average molecular weight is 340 g/mol. The Hall–Kier alpha value is -2.13. The monoisotopic (exact) mass is 340 g/mol. The number of carboxylic acid groups (broad SMARTS) is 1. The van der Waals surface area contributed by atoms with Crippen molar-refractivity contribution in [1.29, 1.82) is 0 Å². The van der Waals surface area contributed by atoms with E-state index in [0.29, 0.717) is 18.5 Å². The molecule has 124 valence electrons. The van der Waals surface area contributed by atoms with E-state index in [0.717, 1.165) is 4.31 Å². The van der Waals surface area contributed by atoms with Gasteiger partial charge in [0, 0.05) is 19.2 Å². The van der Waals surface area contributed by atoms with Gasteiger partial charge in [0.25, 0.3) is 0 Å². The first-order valence-corrected chi connectivity index (χ1v) is 8.68. The second-order valence-corrected chi connectivity index (χ2v) is 7.24. The molecule has 1 fully saturated rings. The Morgan fingerprint density at radius 3 is 2.83 bits per heavy atom. The van der Waals surface area contributed by atoms with E-state index in [1.54, 1.807) is 6.92 Å². The number of hydrogen-bond acceptors (Lipinski definition) is 5. The van der Waals surface area contributed by atoms with Crippen LogP contribution in [0.15, 0.2) is 32.3 Å². The second kappa shape index (κ2) is 5.50. The van der Waals surface area contributed by atoms with Crippen molar-refractivity contribution in [3.8, 4) is 0 Å². The lowest BCUT2D eigenvalue weighted by atomic mass is 10.2. The molecule has 0 bridgehead atoms. The third-order valence-electron chi connectivity index (χ3n) is 4.05. The lowest BCUT2D eigenvalue weighted by Crippen LogP contribution is -2.40. The Morgan fingerprint density at radius 2 is 2.17 bits per heavy atom. The molecule has 0 aliphatic carbocycles. The summed E-state index contributed by atoms with van der Waals surface area (Å²) < 4.78 is 32.8. The van der Waals surface area contributed by atoms with Gasteiger partial charge in [-0.3, -0.25) is 9.36 Å². The molecule has 9 heteroatoms. The fraction of sp³-hybridized carbons (Fsp3) is 0.429. The molecule has 1 saturated heterocycles. The van der Waals surface area contributed by atoms with Gasteiger partial charge in [0.1, 0.15) is 6.04 Å². The quantitative estimate of drug-likeness (QED) is 0.883. The van der Waals surface area contributed by atoms with Crippen molar-refractivity contribution in [3.63, 3.8) is 0 Å². The first-order chi connectivity index (χ1) is 10.9. The molecule has 1 aromatic carbocycles. The molecule has 0 spiro atoms. The molecule has 1 atom stereocenters. The number of aryl methyl sites for hydroxylation is 1. The SMILES string of the molecule is CCn1c(=O)oc2cc(S(=O)(=O)N3CCC[C@@H]3C(=O)O)ccc21. The van der Waals surface area contributed by atoms with E-state index in [9.17, 15) is 18.0 Å². The first-order valence-electron chi connectivity index (χ1n) is 7.24. The van der Waals surface area contributed by atoms with Gasteiger partial charge in [0.2, 0.25) is 10.0 Å². The summed E-state index contributed by atoms with van der Waals surface area (Å²) in [5, 5.41) is 9.17. The van der Waals surface area contributed by atoms with E-state index in [2.05, 4.69) is 0 Å². The van der Waals surface area contributed by atoms with Crippen LogP contribution in [0.3, 0.4) is 0 Å². The highest BCUT2D eigenvalue weighted by atomic mass is 32.2. The number of sulfonamides is 1. The van der Waals surface area contributed by atoms with E-state index in [-0.39, 0.29) is 23.4 Å². The summed E-state index contributed by atoms with van der Waals surface area (Å²) >= 11 is 0. The van der Waals surface area contributed by atoms with Gasteiger partial charge < -0.3 is 9.52 Å². The minimum Gasteiger partial charge on any atom is -0.480 e. The fourth-order valence-corrected chi connectivity index (χ4v) is 4.58. The molecular formula is C14H16N2O6S. The van der Waals surface area contributed by atoms with Crippen molar-refractivity contribution in [2.75, 3.05) is 6.54 Å². The van der Waals surface area contributed by atoms with E-state index in [4.69, 9.17) is 9.52 Å². The summed E-state index contributed by atoms with van der Waals surface area (Å²) in [5.41, 5.74) is 0.677. The summed E-state index contributed by atoms with van der Waals surface area (Å²) in [6, 6.07) is 3.09. The Labute approximate surface area is 132 Å². The molecule has 0 saturated carbocycles. The van der Waals surface area contributed by atoms with Crippen molar-refractivity contribution in [2.24, 2.45) is 0 Å². The van der Waals surface area contributed by atoms with Gasteiger partial charge in [-0.15, -0.1) is 0 Å². The van der Waals surface area contributed by atoms with Crippen molar-refractivity contribution in [2.45, 2.75) is 37.2 Å². The molecule has 2 aromatic rings. The van der Waals surface area contributed by atoms with Crippen LogP contribution in [0.2, 0.25) is 0 Å². The normalized spacial score (nSPS) is 19.4. The number of benzene rings is 1. The lowest BCUT2D eigenvalue weighted by molar-refractivity contribution is -0.140. The third kappa shape index (κ3) is 2.45. The van der Waals surface area contributed by atoms with Crippen LogP contribution >= 0.6 is 0 Å². The number of oxazole rings is 1. The zero-order valence-electron chi connectivity index (χ0n) is 12.4. The standard InChI is InChI=1S/C14H16N2O6S/c1-2-15-10-6-5-9(8-12(10)22-14(15)19)23(20,21)16-7-3-4-11(16)13(17)18/h5-6,8,11H,2-4,7H2,1H3,(H,17,18)/t11-/m1/s1. The van der Waals surface area contributed by atoms with Crippen molar-refractivity contribution in [1.82, 2.24) is 8.87 Å². The van der Waals surface area contributed by atoms with Crippen LogP contribution in [0.5, 0.6) is 0 Å². The summed E-state index contributed by atoms with van der Waals surface area (Å²) in [7, 11) is -3.95. The van der Waals surface area contributed by atoms with Crippen LogP contribution in [-0.4, -0.2) is 41.0 Å². The van der Waals surface area contributed by atoms with E-state index < -0.39 is 27.8 Å². The van der Waals surface area contributed by atoms with E-state index >= 15 is 0 Å².